The Bertz CT molecular complexity index is 252. The summed E-state index contributed by atoms with van der Waals surface area (Å²) in [4.78, 5) is 0. The number of aliphatic hydroxyl groups is 1. The van der Waals surface area contributed by atoms with E-state index in [1.54, 1.807) is 6.21 Å². The summed E-state index contributed by atoms with van der Waals surface area (Å²) < 4.78 is 1.48. The highest BCUT2D eigenvalue weighted by atomic mass is 16.3. The van der Waals surface area contributed by atoms with E-state index in [0.717, 1.165) is 0 Å². The first-order valence-corrected chi connectivity index (χ1v) is 3.65. The predicted octanol–water partition coefficient (Wildman–Crippen LogP) is 0.130. The summed E-state index contributed by atoms with van der Waals surface area (Å²) in [6.45, 7) is 3.85. The maximum absolute atomic E-state index is 8.89. The van der Waals surface area contributed by atoms with Gasteiger partial charge in [-0.05, 0) is 0 Å². The van der Waals surface area contributed by atoms with Crippen LogP contribution in [0.2, 0.25) is 0 Å². The van der Waals surface area contributed by atoms with Crippen molar-refractivity contribution in [3.8, 4) is 0 Å². The largest absolute Gasteiger partial charge is 0.395 e. The fourth-order valence-corrected chi connectivity index (χ4v) is 0.519. The SMILES string of the molecule is CC(C)(/C=N/n1cnnc1)CO. The number of aliphatic hydroxyl groups excluding tert-OH is 1. The first kappa shape index (κ1) is 8.86. The molecule has 66 valence electrons. The normalized spacial score (nSPS) is 12.6. The molecule has 1 N–H and O–H groups in total. The lowest BCUT2D eigenvalue weighted by Gasteiger charge is -2.13. The Kier molecular flexibility index (Phi) is 2.54. The van der Waals surface area contributed by atoms with Crippen LogP contribution in [0, 0.1) is 5.41 Å². The van der Waals surface area contributed by atoms with Gasteiger partial charge in [-0.1, -0.05) is 13.8 Å². The molecule has 0 aromatic carbocycles. The van der Waals surface area contributed by atoms with Crippen molar-refractivity contribution >= 4 is 6.21 Å². The molecular formula is C7H12N4O. The van der Waals surface area contributed by atoms with Gasteiger partial charge >= 0.3 is 0 Å². The molecule has 0 saturated carbocycles. The highest BCUT2D eigenvalue weighted by Crippen LogP contribution is 2.09. The molecule has 0 aliphatic heterocycles. The van der Waals surface area contributed by atoms with E-state index >= 15 is 0 Å². The highest BCUT2D eigenvalue weighted by molar-refractivity contribution is 5.64. The van der Waals surface area contributed by atoms with E-state index in [4.69, 9.17) is 5.11 Å². The number of aromatic nitrogens is 3. The highest BCUT2D eigenvalue weighted by Gasteiger charge is 2.12. The van der Waals surface area contributed by atoms with Gasteiger partial charge in [-0.2, -0.15) is 5.10 Å². The zero-order valence-electron chi connectivity index (χ0n) is 7.18. The van der Waals surface area contributed by atoms with Gasteiger partial charge in [-0.3, -0.25) is 0 Å². The molecule has 0 fully saturated rings. The smallest absolute Gasteiger partial charge is 0.141 e. The molecule has 1 aromatic heterocycles. The first-order valence-electron chi connectivity index (χ1n) is 3.65. The lowest BCUT2D eigenvalue weighted by Crippen LogP contribution is -2.18. The van der Waals surface area contributed by atoms with Crippen LogP contribution in [0.1, 0.15) is 13.8 Å². The lowest BCUT2D eigenvalue weighted by molar-refractivity contribution is 0.216. The number of hydrogen-bond acceptors (Lipinski definition) is 4. The molecule has 0 atom stereocenters. The first-order chi connectivity index (χ1) is 5.64. The van der Waals surface area contributed by atoms with Crippen molar-refractivity contribution in [2.45, 2.75) is 13.8 Å². The van der Waals surface area contributed by atoms with E-state index < -0.39 is 0 Å². The van der Waals surface area contributed by atoms with Gasteiger partial charge in [0, 0.05) is 11.6 Å². The van der Waals surface area contributed by atoms with E-state index in [-0.39, 0.29) is 12.0 Å². The van der Waals surface area contributed by atoms with Gasteiger partial charge in [0.1, 0.15) is 12.7 Å². The van der Waals surface area contributed by atoms with Crippen LogP contribution in [0.3, 0.4) is 0 Å². The Hall–Kier alpha value is -1.23. The monoisotopic (exact) mass is 168 g/mol. The Labute approximate surface area is 70.7 Å². The number of nitrogens with zero attached hydrogens (tertiary/aromatic N) is 4. The van der Waals surface area contributed by atoms with Crippen LogP contribution in [0.4, 0.5) is 0 Å². The molecule has 0 bridgehead atoms. The number of hydrogen-bond donors (Lipinski definition) is 1. The summed E-state index contributed by atoms with van der Waals surface area (Å²) in [6, 6.07) is 0. The minimum atomic E-state index is -0.301. The number of rotatable bonds is 3. The molecule has 5 heteroatoms. The molecule has 0 amide bonds. The van der Waals surface area contributed by atoms with Gasteiger partial charge < -0.3 is 5.11 Å². The van der Waals surface area contributed by atoms with Gasteiger partial charge in [0.05, 0.1) is 6.61 Å². The van der Waals surface area contributed by atoms with Gasteiger partial charge in [0.15, 0.2) is 0 Å². The second-order valence-electron chi connectivity index (χ2n) is 3.23. The van der Waals surface area contributed by atoms with Gasteiger partial charge in [0.2, 0.25) is 0 Å². The summed E-state index contributed by atoms with van der Waals surface area (Å²) >= 11 is 0. The summed E-state index contributed by atoms with van der Waals surface area (Å²) in [6.07, 6.45) is 4.64. The Balaban J connectivity index is 2.62. The van der Waals surface area contributed by atoms with Crippen molar-refractivity contribution in [1.82, 2.24) is 14.9 Å². The molecule has 0 aliphatic rings. The van der Waals surface area contributed by atoms with Crippen LogP contribution in [-0.2, 0) is 0 Å². The minimum absolute atomic E-state index is 0.0681. The Morgan fingerprint density at radius 1 is 1.50 bits per heavy atom. The van der Waals surface area contributed by atoms with E-state index in [2.05, 4.69) is 15.3 Å². The van der Waals surface area contributed by atoms with Crippen LogP contribution in [0.15, 0.2) is 17.8 Å². The second-order valence-corrected chi connectivity index (χ2v) is 3.23. The standard InChI is InChI=1S/C7H12N4O/c1-7(2,4-12)3-10-11-5-8-9-6-11/h3,5-6,12H,4H2,1-2H3/b10-3+. The summed E-state index contributed by atoms with van der Waals surface area (Å²) in [5.74, 6) is 0. The fraction of sp³-hybridized carbons (Fsp3) is 0.571. The summed E-state index contributed by atoms with van der Waals surface area (Å²) in [7, 11) is 0. The molecule has 12 heavy (non-hydrogen) atoms. The molecular weight excluding hydrogens is 156 g/mol. The molecule has 5 nitrogen and oxygen atoms in total. The Morgan fingerprint density at radius 3 is 2.58 bits per heavy atom. The van der Waals surface area contributed by atoms with Crippen molar-refractivity contribution < 1.29 is 5.11 Å². The van der Waals surface area contributed by atoms with Crippen LogP contribution in [0.5, 0.6) is 0 Å². The Morgan fingerprint density at radius 2 is 2.08 bits per heavy atom. The summed E-state index contributed by atoms with van der Waals surface area (Å²) in [5.41, 5.74) is -0.301. The third kappa shape index (κ3) is 2.43. The molecule has 0 spiro atoms. The van der Waals surface area contributed by atoms with Crippen molar-refractivity contribution in [3.63, 3.8) is 0 Å². The van der Waals surface area contributed by atoms with Crippen LogP contribution in [-0.4, -0.2) is 32.8 Å². The zero-order valence-corrected chi connectivity index (χ0v) is 7.18. The van der Waals surface area contributed by atoms with Gasteiger partial charge in [-0.15, -0.1) is 10.2 Å². The maximum Gasteiger partial charge on any atom is 0.141 e. The van der Waals surface area contributed by atoms with E-state index in [1.165, 1.54) is 17.3 Å². The summed E-state index contributed by atoms with van der Waals surface area (Å²) in [5, 5.41) is 20.1. The zero-order chi connectivity index (χ0) is 9.03. The lowest BCUT2D eigenvalue weighted by atomic mass is 9.97. The molecule has 0 radical (unpaired) electrons. The fourth-order valence-electron chi connectivity index (χ4n) is 0.519. The third-order valence-corrected chi connectivity index (χ3v) is 1.35. The van der Waals surface area contributed by atoms with Crippen LogP contribution < -0.4 is 0 Å². The predicted molar refractivity (Wildman–Crippen MR) is 44.8 cm³/mol. The molecule has 0 saturated heterocycles. The average Bonchev–Trinajstić information content (AvgIpc) is 2.53. The molecule has 0 unspecified atom stereocenters. The van der Waals surface area contributed by atoms with E-state index in [0.29, 0.717) is 0 Å². The van der Waals surface area contributed by atoms with Gasteiger partial charge in [0.25, 0.3) is 0 Å². The quantitative estimate of drug-likeness (QED) is 0.652. The second kappa shape index (κ2) is 3.44. The van der Waals surface area contributed by atoms with Crippen molar-refractivity contribution in [2.24, 2.45) is 10.5 Å². The van der Waals surface area contributed by atoms with Crippen LogP contribution in [0.25, 0.3) is 0 Å². The van der Waals surface area contributed by atoms with Crippen LogP contribution >= 0.6 is 0 Å². The minimum Gasteiger partial charge on any atom is -0.395 e. The molecule has 1 heterocycles. The topological polar surface area (TPSA) is 63.3 Å². The maximum atomic E-state index is 8.89. The van der Waals surface area contributed by atoms with Crippen molar-refractivity contribution in [1.29, 1.82) is 0 Å². The average molecular weight is 168 g/mol. The third-order valence-electron chi connectivity index (χ3n) is 1.35. The van der Waals surface area contributed by atoms with Gasteiger partial charge in [-0.25, -0.2) is 4.68 Å². The van der Waals surface area contributed by atoms with Crippen molar-refractivity contribution in [3.05, 3.63) is 12.7 Å². The molecule has 1 aromatic rings. The van der Waals surface area contributed by atoms with Crippen molar-refractivity contribution in [2.75, 3.05) is 6.61 Å². The van der Waals surface area contributed by atoms with E-state index in [9.17, 15) is 0 Å². The molecule has 0 aliphatic carbocycles. The van der Waals surface area contributed by atoms with E-state index in [1.807, 2.05) is 13.8 Å². The molecule has 1 rings (SSSR count).